The quantitative estimate of drug-likeness (QED) is 0.749. The van der Waals surface area contributed by atoms with Crippen molar-refractivity contribution in [2.75, 3.05) is 7.11 Å². The second-order valence-corrected chi connectivity index (χ2v) is 7.79. The first kappa shape index (κ1) is 20.3. The van der Waals surface area contributed by atoms with Crippen molar-refractivity contribution in [2.45, 2.75) is 44.2 Å². The van der Waals surface area contributed by atoms with E-state index in [-0.39, 0.29) is 5.56 Å². The van der Waals surface area contributed by atoms with E-state index in [9.17, 15) is 19.5 Å². The summed E-state index contributed by atoms with van der Waals surface area (Å²) in [5.41, 5.74) is -0.624. The van der Waals surface area contributed by atoms with Crippen LogP contribution in [0.1, 0.15) is 36.7 Å². The Balaban J connectivity index is 2.24. The van der Waals surface area contributed by atoms with Crippen LogP contribution in [-0.2, 0) is 30.2 Å². The van der Waals surface area contributed by atoms with Crippen molar-refractivity contribution < 1.29 is 33.7 Å². The molecule has 0 aliphatic carbocycles. The van der Waals surface area contributed by atoms with E-state index in [1.54, 1.807) is 32.0 Å². The van der Waals surface area contributed by atoms with Gasteiger partial charge in [0.1, 0.15) is 5.44 Å². The Morgan fingerprint density at radius 3 is 2.50 bits per heavy atom. The highest BCUT2D eigenvalue weighted by Crippen LogP contribution is 2.45. The van der Waals surface area contributed by atoms with Crippen LogP contribution in [0.2, 0.25) is 0 Å². The van der Waals surface area contributed by atoms with E-state index < -0.39 is 40.3 Å². The second-order valence-electron chi connectivity index (χ2n) is 6.48. The molecule has 0 spiro atoms. The van der Waals surface area contributed by atoms with Crippen molar-refractivity contribution in [3.05, 3.63) is 35.4 Å². The lowest BCUT2D eigenvalue weighted by molar-refractivity contribution is -0.182. The number of aromatic carboxylic acids is 1. The molecule has 1 aromatic rings. The van der Waals surface area contributed by atoms with Gasteiger partial charge in [-0.15, -0.1) is 11.8 Å². The van der Waals surface area contributed by atoms with Crippen LogP contribution in [0.4, 0.5) is 0 Å². The zero-order valence-corrected chi connectivity index (χ0v) is 15.9. The van der Waals surface area contributed by atoms with Crippen LogP contribution in [-0.4, -0.2) is 47.1 Å². The van der Waals surface area contributed by atoms with Crippen molar-refractivity contribution in [1.82, 2.24) is 0 Å². The van der Waals surface area contributed by atoms with Crippen LogP contribution in [0.5, 0.6) is 0 Å². The van der Waals surface area contributed by atoms with Gasteiger partial charge in [-0.05, 0) is 25.5 Å². The third-order valence-corrected chi connectivity index (χ3v) is 5.86. The van der Waals surface area contributed by atoms with Gasteiger partial charge in [-0.3, -0.25) is 9.59 Å². The molecule has 0 bridgehead atoms. The Morgan fingerprint density at radius 2 is 1.92 bits per heavy atom. The summed E-state index contributed by atoms with van der Waals surface area (Å²) >= 11 is 1.33. The normalized spacial score (nSPS) is 22.7. The molecular formula is C18H22O7S. The number of thioether (sulfide) groups is 1. The minimum atomic E-state index is -1.02. The van der Waals surface area contributed by atoms with Crippen molar-refractivity contribution in [2.24, 2.45) is 5.41 Å². The van der Waals surface area contributed by atoms with E-state index in [0.29, 0.717) is 12.0 Å². The van der Waals surface area contributed by atoms with E-state index in [1.807, 2.05) is 0 Å². The standard InChI is InChI=1S/C18H22O7S/c1-10(19)24-16-14(18(2,3)17(22)23-4)26-13(25-16)9-11-7-5-6-8-12(11)15(20)21/h5-8,13-14,16H,9H2,1-4H3,(H,20,21). The Morgan fingerprint density at radius 1 is 1.27 bits per heavy atom. The molecular weight excluding hydrogens is 360 g/mol. The molecule has 0 aromatic heterocycles. The van der Waals surface area contributed by atoms with Crippen LogP contribution in [0.25, 0.3) is 0 Å². The Kier molecular flexibility index (Phi) is 6.30. The molecule has 3 unspecified atom stereocenters. The van der Waals surface area contributed by atoms with Crippen LogP contribution >= 0.6 is 11.8 Å². The number of carbonyl (C=O) groups is 3. The van der Waals surface area contributed by atoms with Gasteiger partial charge in [0.15, 0.2) is 0 Å². The maximum absolute atomic E-state index is 12.2. The van der Waals surface area contributed by atoms with Crippen molar-refractivity contribution in [3.63, 3.8) is 0 Å². The van der Waals surface area contributed by atoms with Crippen molar-refractivity contribution in [1.29, 1.82) is 0 Å². The third kappa shape index (κ3) is 4.37. The van der Waals surface area contributed by atoms with Gasteiger partial charge in [0.2, 0.25) is 6.29 Å². The van der Waals surface area contributed by atoms with Gasteiger partial charge >= 0.3 is 17.9 Å². The summed E-state index contributed by atoms with van der Waals surface area (Å²) in [6.07, 6.45) is -0.618. The number of carboxylic acids is 1. The van der Waals surface area contributed by atoms with Crippen LogP contribution in [0.15, 0.2) is 24.3 Å². The van der Waals surface area contributed by atoms with Gasteiger partial charge in [-0.25, -0.2) is 4.79 Å². The van der Waals surface area contributed by atoms with Crippen molar-refractivity contribution in [3.8, 4) is 0 Å². The molecule has 8 heteroatoms. The highest BCUT2D eigenvalue weighted by atomic mass is 32.2. The van der Waals surface area contributed by atoms with Gasteiger partial charge in [0, 0.05) is 13.3 Å². The Bertz CT molecular complexity index is 701. The fraction of sp³-hybridized carbons (Fsp3) is 0.500. The number of benzene rings is 1. The number of hydrogen-bond acceptors (Lipinski definition) is 7. The fourth-order valence-electron chi connectivity index (χ4n) is 2.81. The van der Waals surface area contributed by atoms with Gasteiger partial charge in [0.25, 0.3) is 0 Å². The summed E-state index contributed by atoms with van der Waals surface area (Å²) in [5, 5.41) is 8.83. The van der Waals surface area contributed by atoms with E-state index in [2.05, 4.69) is 0 Å². The minimum absolute atomic E-state index is 0.191. The van der Waals surface area contributed by atoms with Gasteiger partial charge < -0.3 is 19.3 Å². The van der Waals surface area contributed by atoms with Crippen LogP contribution < -0.4 is 0 Å². The maximum atomic E-state index is 12.2. The SMILES string of the molecule is COC(=O)C(C)(C)C1SC(Cc2ccccc2C(=O)O)OC1OC(C)=O. The van der Waals surface area contributed by atoms with Crippen molar-refractivity contribution >= 4 is 29.7 Å². The first-order chi connectivity index (χ1) is 12.2. The highest BCUT2D eigenvalue weighted by Gasteiger charge is 2.51. The zero-order chi connectivity index (χ0) is 19.5. The average molecular weight is 382 g/mol. The third-order valence-electron chi connectivity index (χ3n) is 4.17. The number of rotatable bonds is 6. The first-order valence-electron chi connectivity index (χ1n) is 8.04. The molecule has 3 atom stereocenters. The molecule has 1 saturated heterocycles. The predicted molar refractivity (Wildman–Crippen MR) is 94.7 cm³/mol. The molecule has 1 heterocycles. The van der Waals surface area contributed by atoms with E-state index in [4.69, 9.17) is 14.2 Å². The summed E-state index contributed by atoms with van der Waals surface area (Å²) in [6, 6.07) is 6.64. The lowest BCUT2D eigenvalue weighted by Gasteiger charge is -2.30. The summed E-state index contributed by atoms with van der Waals surface area (Å²) in [5.74, 6) is -1.98. The minimum Gasteiger partial charge on any atom is -0.478 e. The van der Waals surface area contributed by atoms with Gasteiger partial charge in [0.05, 0.1) is 23.3 Å². The molecule has 1 fully saturated rings. The number of carboxylic acid groups (broad SMARTS) is 1. The number of carbonyl (C=O) groups excluding carboxylic acids is 2. The molecule has 1 N–H and O–H groups in total. The zero-order valence-electron chi connectivity index (χ0n) is 15.1. The molecule has 1 aliphatic heterocycles. The predicted octanol–water partition coefficient (Wildman–Crippen LogP) is 2.47. The molecule has 0 radical (unpaired) electrons. The lowest BCUT2D eigenvalue weighted by Crippen LogP contribution is -2.42. The van der Waals surface area contributed by atoms with Gasteiger partial charge in [-0.2, -0.15) is 0 Å². The fourth-order valence-corrected chi connectivity index (χ4v) is 4.27. The second kappa shape index (κ2) is 8.09. The first-order valence-corrected chi connectivity index (χ1v) is 8.98. The maximum Gasteiger partial charge on any atom is 0.335 e. The molecule has 0 saturated carbocycles. The lowest BCUT2D eigenvalue weighted by atomic mass is 9.88. The molecule has 2 rings (SSSR count). The Labute approximate surface area is 156 Å². The molecule has 26 heavy (non-hydrogen) atoms. The molecule has 1 aromatic carbocycles. The molecule has 7 nitrogen and oxygen atoms in total. The number of hydrogen-bond donors (Lipinski definition) is 1. The highest BCUT2D eigenvalue weighted by molar-refractivity contribution is 8.00. The molecule has 1 aliphatic rings. The molecule has 142 valence electrons. The van der Waals surface area contributed by atoms with Crippen LogP contribution in [0.3, 0.4) is 0 Å². The summed E-state index contributed by atoms with van der Waals surface area (Å²) in [6.45, 7) is 4.66. The number of ether oxygens (including phenoxy) is 3. The Hall–Kier alpha value is -2.06. The van der Waals surface area contributed by atoms with Crippen LogP contribution in [0, 0.1) is 5.41 Å². The summed E-state index contributed by atoms with van der Waals surface area (Å²) < 4.78 is 15.9. The van der Waals surface area contributed by atoms with E-state index in [0.717, 1.165) is 0 Å². The number of methoxy groups -OCH3 is 1. The largest absolute Gasteiger partial charge is 0.478 e. The summed E-state index contributed by atoms with van der Waals surface area (Å²) in [4.78, 5) is 34.9. The molecule has 0 amide bonds. The van der Waals surface area contributed by atoms with E-state index in [1.165, 1.54) is 31.9 Å². The monoisotopic (exact) mass is 382 g/mol. The van der Waals surface area contributed by atoms with E-state index >= 15 is 0 Å². The smallest absolute Gasteiger partial charge is 0.335 e. The summed E-state index contributed by atoms with van der Waals surface area (Å²) in [7, 11) is 1.30. The van der Waals surface area contributed by atoms with Gasteiger partial charge in [-0.1, -0.05) is 18.2 Å². The average Bonchev–Trinajstić information content (AvgIpc) is 2.96. The number of esters is 2. The topological polar surface area (TPSA) is 99.1 Å².